The summed E-state index contributed by atoms with van der Waals surface area (Å²) >= 11 is 0. The summed E-state index contributed by atoms with van der Waals surface area (Å²) in [6.45, 7) is 5.77. The Labute approximate surface area is 55.3 Å². The highest BCUT2D eigenvalue weighted by Gasteiger charge is 2.13. The van der Waals surface area contributed by atoms with Crippen LogP contribution in [0.1, 0.15) is 19.8 Å². The lowest BCUT2D eigenvalue weighted by Gasteiger charge is -1.88. The molecule has 0 radical (unpaired) electrons. The molecule has 0 N–H and O–H groups in total. The lowest BCUT2D eigenvalue weighted by Crippen LogP contribution is -1.75. The van der Waals surface area contributed by atoms with Crippen LogP contribution in [0, 0.1) is 11.3 Å². The third kappa shape index (κ3) is 0.882. The molecule has 0 aliphatic heterocycles. The van der Waals surface area contributed by atoms with Crippen molar-refractivity contribution in [2.24, 2.45) is 0 Å². The monoisotopic (exact) mass is 119 g/mol. The topological polar surface area (TPSA) is 23.8 Å². The molecule has 0 bridgehead atoms. The first-order valence-corrected chi connectivity index (χ1v) is 3.03. The zero-order chi connectivity index (χ0) is 6.85. The Morgan fingerprint density at radius 3 is 2.44 bits per heavy atom. The van der Waals surface area contributed by atoms with Crippen molar-refractivity contribution in [2.75, 3.05) is 0 Å². The lowest BCUT2D eigenvalue weighted by molar-refractivity contribution is 1.01. The zero-order valence-electron chi connectivity index (χ0n) is 5.57. The fourth-order valence-corrected chi connectivity index (χ4v) is 1.06. The average molecular weight is 119 g/mol. The number of rotatable bonds is 0. The van der Waals surface area contributed by atoms with Crippen molar-refractivity contribution in [3.63, 3.8) is 0 Å². The van der Waals surface area contributed by atoms with E-state index in [1.807, 2.05) is 6.92 Å². The molecule has 0 aromatic rings. The molecular weight excluding hydrogens is 110 g/mol. The smallest absolute Gasteiger partial charge is 0.0993 e. The van der Waals surface area contributed by atoms with Gasteiger partial charge >= 0.3 is 0 Å². The van der Waals surface area contributed by atoms with E-state index in [1.165, 1.54) is 5.57 Å². The Bertz CT molecular complexity index is 215. The third-order valence-electron chi connectivity index (χ3n) is 1.69. The third-order valence-corrected chi connectivity index (χ3v) is 1.69. The molecule has 0 aromatic carbocycles. The van der Waals surface area contributed by atoms with Crippen LogP contribution in [0.25, 0.3) is 0 Å². The van der Waals surface area contributed by atoms with Crippen molar-refractivity contribution in [1.29, 1.82) is 5.26 Å². The Kier molecular flexibility index (Phi) is 1.40. The van der Waals surface area contributed by atoms with Gasteiger partial charge in [0.25, 0.3) is 0 Å². The molecule has 1 heteroatoms. The van der Waals surface area contributed by atoms with Crippen molar-refractivity contribution in [2.45, 2.75) is 19.8 Å². The molecule has 1 nitrogen and oxygen atoms in total. The van der Waals surface area contributed by atoms with Gasteiger partial charge in [-0.1, -0.05) is 12.2 Å². The minimum Gasteiger partial charge on any atom is -0.192 e. The van der Waals surface area contributed by atoms with E-state index in [0.717, 1.165) is 24.0 Å². The summed E-state index contributed by atoms with van der Waals surface area (Å²) in [4.78, 5) is 0. The average Bonchev–Trinajstić information content (AvgIpc) is 2.12. The summed E-state index contributed by atoms with van der Waals surface area (Å²) < 4.78 is 0. The summed E-state index contributed by atoms with van der Waals surface area (Å²) in [5.74, 6) is 0. The van der Waals surface area contributed by atoms with Gasteiger partial charge in [-0.25, -0.2) is 0 Å². The molecular formula is C8H9N. The van der Waals surface area contributed by atoms with Crippen molar-refractivity contribution >= 4 is 0 Å². The normalized spacial score (nSPS) is 18.4. The van der Waals surface area contributed by atoms with Crippen LogP contribution in [0.2, 0.25) is 0 Å². The van der Waals surface area contributed by atoms with E-state index in [4.69, 9.17) is 5.26 Å². The van der Waals surface area contributed by atoms with Gasteiger partial charge in [0.05, 0.1) is 11.6 Å². The number of nitrogens with zero attached hydrogens (tertiary/aromatic N) is 1. The van der Waals surface area contributed by atoms with E-state index in [9.17, 15) is 0 Å². The van der Waals surface area contributed by atoms with Crippen LogP contribution < -0.4 is 0 Å². The second-order valence-corrected chi connectivity index (χ2v) is 2.37. The summed E-state index contributed by atoms with van der Waals surface area (Å²) in [5.41, 5.74) is 3.03. The first-order valence-electron chi connectivity index (χ1n) is 3.03. The van der Waals surface area contributed by atoms with Crippen LogP contribution in [-0.4, -0.2) is 0 Å². The number of nitriles is 1. The number of allylic oxidation sites excluding steroid dienone is 3. The molecule has 0 unspecified atom stereocenters. The highest BCUT2D eigenvalue weighted by Crippen LogP contribution is 2.28. The molecule has 0 amide bonds. The molecule has 0 fully saturated rings. The molecule has 0 aromatic heterocycles. The lowest BCUT2D eigenvalue weighted by atomic mass is 10.1. The summed E-state index contributed by atoms with van der Waals surface area (Å²) in [7, 11) is 0. The second kappa shape index (κ2) is 2.06. The van der Waals surface area contributed by atoms with Crippen LogP contribution >= 0.6 is 0 Å². The van der Waals surface area contributed by atoms with Crippen LogP contribution in [0.4, 0.5) is 0 Å². The fourth-order valence-electron chi connectivity index (χ4n) is 1.06. The van der Waals surface area contributed by atoms with Crippen molar-refractivity contribution in [3.8, 4) is 6.07 Å². The van der Waals surface area contributed by atoms with Crippen LogP contribution in [-0.2, 0) is 0 Å². The first-order chi connectivity index (χ1) is 4.25. The molecule has 1 rings (SSSR count). The van der Waals surface area contributed by atoms with E-state index < -0.39 is 0 Å². The van der Waals surface area contributed by atoms with Gasteiger partial charge < -0.3 is 0 Å². The Morgan fingerprint density at radius 2 is 2.22 bits per heavy atom. The predicted octanol–water partition coefficient (Wildman–Crippen LogP) is 2.18. The van der Waals surface area contributed by atoms with Gasteiger partial charge in [-0.15, -0.1) is 0 Å². The van der Waals surface area contributed by atoms with Gasteiger partial charge in [-0.2, -0.15) is 5.26 Å². The van der Waals surface area contributed by atoms with Gasteiger partial charge in [0, 0.05) is 0 Å². The van der Waals surface area contributed by atoms with Crippen LogP contribution in [0.15, 0.2) is 23.3 Å². The van der Waals surface area contributed by atoms with Crippen molar-refractivity contribution < 1.29 is 0 Å². The molecule has 9 heavy (non-hydrogen) atoms. The highest BCUT2D eigenvalue weighted by molar-refractivity contribution is 5.47. The minimum absolute atomic E-state index is 0.829. The molecule has 0 saturated carbocycles. The van der Waals surface area contributed by atoms with Gasteiger partial charge in [0.15, 0.2) is 0 Å². The Hall–Kier alpha value is -1.03. The standard InChI is InChI=1S/C8H9N/c1-6-3-4-7(2)8(6)5-9/h1,3-4H2,2H3. The van der Waals surface area contributed by atoms with Crippen molar-refractivity contribution in [3.05, 3.63) is 23.3 Å². The van der Waals surface area contributed by atoms with E-state index >= 15 is 0 Å². The zero-order valence-corrected chi connectivity index (χ0v) is 5.57. The highest BCUT2D eigenvalue weighted by atomic mass is 14.3. The van der Waals surface area contributed by atoms with Crippen LogP contribution in [0.3, 0.4) is 0 Å². The molecule has 46 valence electrons. The van der Waals surface area contributed by atoms with Gasteiger partial charge in [-0.3, -0.25) is 0 Å². The maximum atomic E-state index is 8.54. The molecule has 0 atom stereocenters. The van der Waals surface area contributed by atoms with Gasteiger partial charge in [-0.05, 0) is 25.3 Å². The number of hydrogen-bond donors (Lipinski definition) is 0. The molecule has 0 heterocycles. The molecule has 1 aliphatic carbocycles. The van der Waals surface area contributed by atoms with E-state index in [1.54, 1.807) is 0 Å². The minimum atomic E-state index is 0.829. The SMILES string of the molecule is C=C1CCC(C)=C1C#N. The van der Waals surface area contributed by atoms with E-state index in [0.29, 0.717) is 0 Å². The van der Waals surface area contributed by atoms with Crippen molar-refractivity contribution in [1.82, 2.24) is 0 Å². The van der Waals surface area contributed by atoms with E-state index in [2.05, 4.69) is 12.6 Å². The van der Waals surface area contributed by atoms with Gasteiger partial charge in [0.1, 0.15) is 0 Å². The van der Waals surface area contributed by atoms with E-state index in [-0.39, 0.29) is 0 Å². The maximum absolute atomic E-state index is 8.54. The quantitative estimate of drug-likeness (QED) is 0.479. The largest absolute Gasteiger partial charge is 0.192 e. The first kappa shape index (κ1) is 6.10. The summed E-state index contributed by atoms with van der Waals surface area (Å²) in [6, 6.07) is 2.14. The second-order valence-electron chi connectivity index (χ2n) is 2.37. The maximum Gasteiger partial charge on any atom is 0.0993 e. The fraction of sp³-hybridized carbons (Fsp3) is 0.375. The molecule has 0 spiro atoms. The Balaban J connectivity index is 2.99. The molecule has 0 saturated heterocycles. The van der Waals surface area contributed by atoms with Crippen LogP contribution in [0.5, 0.6) is 0 Å². The molecule has 1 aliphatic rings. The Morgan fingerprint density at radius 1 is 1.56 bits per heavy atom. The summed E-state index contributed by atoms with van der Waals surface area (Å²) in [6.07, 6.45) is 2.01. The summed E-state index contributed by atoms with van der Waals surface area (Å²) in [5, 5.41) is 8.54. The predicted molar refractivity (Wildman–Crippen MR) is 36.7 cm³/mol. The van der Waals surface area contributed by atoms with Gasteiger partial charge in [0.2, 0.25) is 0 Å². The number of hydrogen-bond acceptors (Lipinski definition) is 1.